The first kappa shape index (κ1) is 18.8. The van der Waals surface area contributed by atoms with Crippen molar-refractivity contribution in [3.8, 4) is 0 Å². The van der Waals surface area contributed by atoms with E-state index in [-0.39, 0.29) is 29.8 Å². The summed E-state index contributed by atoms with van der Waals surface area (Å²) in [6.45, 7) is 8.19. The Bertz CT molecular complexity index is 933. The number of nitrogens with one attached hydrogen (secondary N) is 2. The highest BCUT2D eigenvalue weighted by Crippen LogP contribution is 2.28. The summed E-state index contributed by atoms with van der Waals surface area (Å²) in [4.78, 5) is 21.7. The first-order valence-electron chi connectivity index (χ1n) is 9.02. The highest BCUT2D eigenvalue weighted by atomic mass is 19.1. The molecule has 2 aromatic heterocycles. The number of hydrogen-bond donors (Lipinski definition) is 2. The van der Waals surface area contributed by atoms with E-state index in [1.54, 1.807) is 6.20 Å². The molecule has 142 valence electrons. The Labute approximate surface area is 157 Å². The summed E-state index contributed by atoms with van der Waals surface area (Å²) < 4.78 is 15.1. The third-order valence-electron chi connectivity index (χ3n) is 4.33. The van der Waals surface area contributed by atoms with Gasteiger partial charge in [-0.05, 0) is 56.2 Å². The van der Waals surface area contributed by atoms with Gasteiger partial charge < -0.3 is 15.2 Å². The normalized spacial score (nSPS) is 12.6. The molecular weight excluding hydrogens is 345 g/mol. The van der Waals surface area contributed by atoms with Gasteiger partial charge in [-0.3, -0.25) is 0 Å². The lowest BCUT2D eigenvalue weighted by molar-refractivity contribution is 0.243. The van der Waals surface area contributed by atoms with Gasteiger partial charge in [0.05, 0.1) is 6.04 Å². The Morgan fingerprint density at radius 3 is 2.44 bits per heavy atom. The lowest BCUT2D eigenvalue weighted by atomic mass is 10.0. The molecular formula is C20H24FN5O. The Balaban J connectivity index is 1.89. The fraction of sp³-hybridized carbons (Fsp3) is 0.350. The number of rotatable bonds is 5. The molecule has 0 spiro atoms. The molecule has 0 aliphatic heterocycles. The Kier molecular flexibility index (Phi) is 5.39. The number of fused-ring (bicyclic) bond motifs is 1. The maximum Gasteiger partial charge on any atom is 0.319 e. The summed E-state index contributed by atoms with van der Waals surface area (Å²) in [5.41, 5.74) is 2.12. The summed E-state index contributed by atoms with van der Waals surface area (Å²) in [7, 11) is 0. The molecule has 27 heavy (non-hydrogen) atoms. The number of pyridine rings is 1. The minimum Gasteiger partial charge on any atom is -0.328 e. The lowest BCUT2D eigenvalue weighted by Crippen LogP contribution is -2.36. The number of carbonyl (C=O) groups is 1. The van der Waals surface area contributed by atoms with Crippen LogP contribution in [0, 0.1) is 11.7 Å². The van der Waals surface area contributed by atoms with E-state index in [9.17, 15) is 9.18 Å². The zero-order valence-corrected chi connectivity index (χ0v) is 15.9. The van der Waals surface area contributed by atoms with Gasteiger partial charge in [-0.25, -0.2) is 19.2 Å². The van der Waals surface area contributed by atoms with Crippen LogP contribution < -0.4 is 10.6 Å². The number of benzene rings is 1. The van der Waals surface area contributed by atoms with Crippen LogP contribution >= 0.6 is 0 Å². The maximum atomic E-state index is 13.0. The van der Waals surface area contributed by atoms with E-state index in [2.05, 4.69) is 34.0 Å². The molecule has 2 heterocycles. The van der Waals surface area contributed by atoms with Crippen LogP contribution in [0.4, 0.5) is 14.9 Å². The van der Waals surface area contributed by atoms with E-state index in [1.165, 1.54) is 24.3 Å². The highest BCUT2D eigenvalue weighted by molar-refractivity contribution is 5.89. The first-order valence-corrected chi connectivity index (χ1v) is 9.02. The zero-order valence-electron chi connectivity index (χ0n) is 15.9. The summed E-state index contributed by atoms with van der Waals surface area (Å²) in [6.07, 6.45) is 1.74. The van der Waals surface area contributed by atoms with Crippen LogP contribution in [-0.2, 0) is 0 Å². The third-order valence-corrected chi connectivity index (χ3v) is 4.33. The number of halogens is 1. The van der Waals surface area contributed by atoms with Crippen molar-refractivity contribution in [3.63, 3.8) is 0 Å². The van der Waals surface area contributed by atoms with E-state index in [1.807, 2.05) is 26.0 Å². The Morgan fingerprint density at radius 1 is 1.11 bits per heavy atom. The van der Waals surface area contributed by atoms with Crippen LogP contribution in [0.5, 0.6) is 0 Å². The van der Waals surface area contributed by atoms with Crippen LogP contribution in [-0.4, -0.2) is 20.6 Å². The largest absolute Gasteiger partial charge is 0.328 e. The second kappa shape index (κ2) is 7.73. The average molecular weight is 369 g/mol. The first-order chi connectivity index (χ1) is 12.9. The van der Waals surface area contributed by atoms with Crippen molar-refractivity contribution in [2.24, 2.45) is 5.92 Å². The van der Waals surface area contributed by atoms with Crippen molar-refractivity contribution in [3.05, 3.63) is 54.2 Å². The SMILES string of the molecule is CC(C)C(NC(=O)Nc1ccc(F)cc1)c1nc2cccnc2n1C(C)C. The molecule has 0 fully saturated rings. The molecule has 1 aromatic carbocycles. The highest BCUT2D eigenvalue weighted by Gasteiger charge is 2.26. The number of anilines is 1. The molecule has 0 aliphatic rings. The smallest absolute Gasteiger partial charge is 0.319 e. The molecule has 0 radical (unpaired) electrons. The van der Waals surface area contributed by atoms with E-state index >= 15 is 0 Å². The van der Waals surface area contributed by atoms with Gasteiger partial charge in [-0.1, -0.05) is 13.8 Å². The monoisotopic (exact) mass is 369 g/mol. The number of hydrogen-bond acceptors (Lipinski definition) is 3. The molecule has 1 atom stereocenters. The quantitative estimate of drug-likeness (QED) is 0.686. The number of urea groups is 1. The van der Waals surface area contributed by atoms with Crippen LogP contribution in [0.3, 0.4) is 0 Å². The van der Waals surface area contributed by atoms with E-state index in [0.717, 1.165) is 17.0 Å². The van der Waals surface area contributed by atoms with E-state index in [0.29, 0.717) is 5.69 Å². The van der Waals surface area contributed by atoms with E-state index < -0.39 is 0 Å². The summed E-state index contributed by atoms with van der Waals surface area (Å²) >= 11 is 0. The van der Waals surface area contributed by atoms with E-state index in [4.69, 9.17) is 4.98 Å². The number of amides is 2. The van der Waals surface area contributed by atoms with Gasteiger partial charge in [-0.2, -0.15) is 0 Å². The van der Waals surface area contributed by atoms with Crippen molar-refractivity contribution in [1.82, 2.24) is 19.9 Å². The maximum absolute atomic E-state index is 13.0. The molecule has 2 amide bonds. The zero-order chi connectivity index (χ0) is 19.6. The van der Waals surface area contributed by atoms with Crippen LogP contribution in [0.15, 0.2) is 42.6 Å². The van der Waals surface area contributed by atoms with Crippen molar-refractivity contribution >= 4 is 22.9 Å². The molecule has 0 bridgehead atoms. The molecule has 6 nitrogen and oxygen atoms in total. The van der Waals surface area contributed by atoms with Gasteiger partial charge in [-0.15, -0.1) is 0 Å². The van der Waals surface area contributed by atoms with Crippen LogP contribution in [0.1, 0.15) is 45.6 Å². The molecule has 3 aromatic rings. The van der Waals surface area contributed by atoms with Gasteiger partial charge in [0.1, 0.15) is 17.2 Å². The second-order valence-electron chi connectivity index (χ2n) is 7.11. The summed E-state index contributed by atoms with van der Waals surface area (Å²) in [6, 6.07) is 8.89. The molecule has 7 heteroatoms. The molecule has 3 rings (SSSR count). The Hall–Kier alpha value is -2.96. The Morgan fingerprint density at radius 2 is 1.81 bits per heavy atom. The number of aromatic nitrogens is 3. The summed E-state index contributed by atoms with van der Waals surface area (Å²) in [5.74, 6) is 0.528. The topological polar surface area (TPSA) is 71.8 Å². The van der Waals surface area contributed by atoms with Gasteiger partial charge in [0.15, 0.2) is 5.65 Å². The van der Waals surface area contributed by atoms with Gasteiger partial charge in [0.25, 0.3) is 0 Å². The second-order valence-corrected chi connectivity index (χ2v) is 7.11. The minimum atomic E-state index is -0.365. The molecule has 1 unspecified atom stereocenters. The van der Waals surface area contributed by atoms with Crippen molar-refractivity contribution in [2.45, 2.75) is 39.8 Å². The van der Waals surface area contributed by atoms with Crippen LogP contribution in [0.25, 0.3) is 11.2 Å². The number of nitrogens with zero attached hydrogens (tertiary/aromatic N) is 3. The molecule has 0 saturated carbocycles. The minimum absolute atomic E-state index is 0.110. The number of imidazole rings is 1. The fourth-order valence-electron chi connectivity index (χ4n) is 3.05. The van der Waals surface area contributed by atoms with Crippen molar-refractivity contribution < 1.29 is 9.18 Å². The number of carbonyl (C=O) groups excluding carboxylic acids is 1. The van der Waals surface area contributed by atoms with Crippen molar-refractivity contribution in [1.29, 1.82) is 0 Å². The van der Waals surface area contributed by atoms with Gasteiger partial charge in [0.2, 0.25) is 0 Å². The predicted molar refractivity (Wildman–Crippen MR) is 104 cm³/mol. The third kappa shape index (κ3) is 4.07. The molecule has 0 saturated heterocycles. The fourth-order valence-corrected chi connectivity index (χ4v) is 3.05. The molecule has 0 aliphatic carbocycles. The van der Waals surface area contributed by atoms with Gasteiger partial charge in [0, 0.05) is 17.9 Å². The van der Waals surface area contributed by atoms with Gasteiger partial charge >= 0.3 is 6.03 Å². The average Bonchev–Trinajstić information content (AvgIpc) is 3.00. The molecule has 2 N–H and O–H groups in total. The standard InChI is InChI=1S/C20H24FN5O/c1-12(2)17(25-20(27)23-15-9-7-14(21)8-10-15)19-24-16-6-5-11-22-18(16)26(19)13(3)4/h5-13,17H,1-4H3,(H2,23,25,27). The lowest BCUT2D eigenvalue weighted by Gasteiger charge is -2.24. The summed E-state index contributed by atoms with van der Waals surface area (Å²) in [5, 5.41) is 5.73. The van der Waals surface area contributed by atoms with Crippen LogP contribution in [0.2, 0.25) is 0 Å². The van der Waals surface area contributed by atoms with Crippen molar-refractivity contribution in [2.75, 3.05) is 5.32 Å². The predicted octanol–water partition coefficient (Wildman–Crippen LogP) is 4.67.